The zero-order chi connectivity index (χ0) is 14.7. The molecule has 0 spiro atoms. The van der Waals surface area contributed by atoms with E-state index >= 15 is 0 Å². The first-order valence-corrected chi connectivity index (χ1v) is 7.86. The van der Waals surface area contributed by atoms with Crippen LogP contribution in [-0.4, -0.2) is 59.2 Å². The van der Waals surface area contributed by atoms with E-state index in [0.29, 0.717) is 32.2 Å². The molecular weight excluding hydrogens is 268 g/mol. The Labute approximate surface area is 125 Å². The lowest BCUT2D eigenvalue weighted by Gasteiger charge is -2.30. The van der Waals surface area contributed by atoms with E-state index in [2.05, 4.69) is 14.9 Å². The number of amides is 1. The molecule has 2 aliphatic rings. The molecule has 1 aromatic heterocycles. The van der Waals surface area contributed by atoms with Crippen molar-refractivity contribution >= 4 is 5.91 Å². The molecule has 6 nitrogen and oxygen atoms in total. The van der Waals surface area contributed by atoms with Crippen molar-refractivity contribution in [1.29, 1.82) is 0 Å². The molecule has 0 unspecified atom stereocenters. The van der Waals surface area contributed by atoms with Gasteiger partial charge >= 0.3 is 0 Å². The third kappa shape index (κ3) is 3.27. The first kappa shape index (κ1) is 14.5. The van der Waals surface area contributed by atoms with Gasteiger partial charge in [0, 0.05) is 44.5 Å². The molecule has 21 heavy (non-hydrogen) atoms. The maximum Gasteiger partial charge on any atom is 0.239 e. The molecule has 116 valence electrons. The lowest BCUT2D eigenvalue weighted by atomic mass is 9.98. The van der Waals surface area contributed by atoms with Gasteiger partial charge < -0.3 is 19.5 Å². The minimum atomic E-state index is -0.145. The summed E-state index contributed by atoms with van der Waals surface area (Å²) in [5, 5.41) is 3.39. The fourth-order valence-electron chi connectivity index (χ4n) is 3.16. The van der Waals surface area contributed by atoms with Gasteiger partial charge in [0.25, 0.3) is 0 Å². The van der Waals surface area contributed by atoms with Gasteiger partial charge in [0.2, 0.25) is 5.91 Å². The lowest BCUT2D eigenvalue weighted by Crippen LogP contribution is -2.50. The van der Waals surface area contributed by atoms with Crippen LogP contribution in [0.15, 0.2) is 12.4 Å². The molecule has 3 rings (SSSR count). The van der Waals surface area contributed by atoms with E-state index in [1.807, 2.05) is 24.2 Å². The van der Waals surface area contributed by atoms with Crippen LogP contribution < -0.4 is 5.32 Å². The SMILES string of the molecule is C[C@@H](NC[C@@H]1CCCn2ccnc21)C(=O)N1CCOCC1. The van der Waals surface area contributed by atoms with E-state index in [-0.39, 0.29) is 11.9 Å². The number of imidazole rings is 1. The monoisotopic (exact) mass is 292 g/mol. The molecule has 0 bridgehead atoms. The lowest BCUT2D eigenvalue weighted by molar-refractivity contribution is -0.137. The van der Waals surface area contributed by atoms with E-state index in [1.54, 1.807) is 0 Å². The van der Waals surface area contributed by atoms with Crippen LogP contribution in [0.1, 0.15) is 31.5 Å². The van der Waals surface area contributed by atoms with E-state index in [9.17, 15) is 4.79 Å². The Balaban J connectivity index is 1.52. The van der Waals surface area contributed by atoms with Crippen LogP contribution in [0.3, 0.4) is 0 Å². The van der Waals surface area contributed by atoms with Crippen molar-refractivity contribution in [3.63, 3.8) is 0 Å². The second-order valence-electron chi connectivity index (χ2n) is 5.89. The number of aromatic nitrogens is 2. The Morgan fingerprint density at radius 2 is 2.29 bits per heavy atom. The highest BCUT2D eigenvalue weighted by Gasteiger charge is 2.25. The van der Waals surface area contributed by atoms with Gasteiger partial charge in [-0.3, -0.25) is 4.79 Å². The van der Waals surface area contributed by atoms with Gasteiger partial charge in [-0.15, -0.1) is 0 Å². The summed E-state index contributed by atoms with van der Waals surface area (Å²) in [7, 11) is 0. The Bertz CT molecular complexity index is 482. The van der Waals surface area contributed by atoms with Crippen LogP contribution in [0.5, 0.6) is 0 Å². The van der Waals surface area contributed by atoms with Crippen molar-refractivity contribution in [3.8, 4) is 0 Å². The molecule has 1 aromatic rings. The number of carbonyl (C=O) groups excluding carboxylic acids is 1. The molecule has 0 aromatic carbocycles. The summed E-state index contributed by atoms with van der Waals surface area (Å²) < 4.78 is 7.52. The molecule has 2 atom stereocenters. The van der Waals surface area contributed by atoms with Gasteiger partial charge in [-0.05, 0) is 19.8 Å². The normalized spacial score (nSPS) is 23.7. The zero-order valence-corrected chi connectivity index (χ0v) is 12.6. The highest BCUT2D eigenvalue weighted by molar-refractivity contribution is 5.81. The van der Waals surface area contributed by atoms with Crippen molar-refractivity contribution < 1.29 is 9.53 Å². The van der Waals surface area contributed by atoms with Crippen LogP contribution in [-0.2, 0) is 16.1 Å². The minimum Gasteiger partial charge on any atom is -0.378 e. The third-order valence-electron chi connectivity index (χ3n) is 4.43. The molecule has 0 radical (unpaired) electrons. The topological polar surface area (TPSA) is 59.4 Å². The molecule has 2 aliphatic heterocycles. The number of aryl methyl sites for hydroxylation is 1. The molecule has 1 N–H and O–H groups in total. The largest absolute Gasteiger partial charge is 0.378 e. The smallest absolute Gasteiger partial charge is 0.239 e. The van der Waals surface area contributed by atoms with Crippen molar-refractivity contribution in [2.75, 3.05) is 32.8 Å². The summed E-state index contributed by atoms with van der Waals surface area (Å²) in [5.74, 6) is 1.74. The number of hydrogen-bond donors (Lipinski definition) is 1. The second kappa shape index (κ2) is 6.58. The molecule has 3 heterocycles. The number of hydrogen-bond acceptors (Lipinski definition) is 4. The van der Waals surface area contributed by atoms with Crippen LogP contribution in [0.25, 0.3) is 0 Å². The average Bonchev–Trinajstić information content (AvgIpc) is 3.02. The molecule has 0 saturated carbocycles. The number of morpholine rings is 1. The molecule has 1 fully saturated rings. The number of nitrogens with zero attached hydrogens (tertiary/aromatic N) is 3. The fraction of sp³-hybridized carbons (Fsp3) is 0.733. The van der Waals surface area contributed by atoms with Crippen LogP contribution in [0, 0.1) is 0 Å². The van der Waals surface area contributed by atoms with Gasteiger partial charge in [0.1, 0.15) is 5.82 Å². The fourth-order valence-corrected chi connectivity index (χ4v) is 3.16. The van der Waals surface area contributed by atoms with Gasteiger partial charge in [0.05, 0.1) is 19.3 Å². The van der Waals surface area contributed by atoms with Crippen LogP contribution in [0.2, 0.25) is 0 Å². The number of carbonyl (C=O) groups is 1. The van der Waals surface area contributed by atoms with Crippen LogP contribution in [0.4, 0.5) is 0 Å². The van der Waals surface area contributed by atoms with Crippen molar-refractivity contribution in [1.82, 2.24) is 19.8 Å². The minimum absolute atomic E-state index is 0.145. The van der Waals surface area contributed by atoms with Crippen molar-refractivity contribution in [2.45, 2.75) is 38.3 Å². The second-order valence-corrected chi connectivity index (χ2v) is 5.89. The summed E-state index contributed by atoms with van der Waals surface area (Å²) in [6, 6.07) is -0.145. The van der Waals surface area contributed by atoms with E-state index in [0.717, 1.165) is 25.3 Å². The number of rotatable bonds is 4. The van der Waals surface area contributed by atoms with Crippen LogP contribution >= 0.6 is 0 Å². The molecule has 0 aliphatic carbocycles. The molecule has 1 saturated heterocycles. The first-order valence-electron chi connectivity index (χ1n) is 7.86. The predicted molar refractivity (Wildman–Crippen MR) is 79.1 cm³/mol. The standard InChI is InChI=1S/C15H24N4O2/c1-12(15(20)19-7-9-21-10-8-19)17-11-13-3-2-5-18-6-4-16-14(13)18/h4,6,12-13,17H,2-3,5,7-11H2,1H3/t12-,13+/m1/s1. The zero-order valence-electron chi connectivity index (χ0n) is 12.6. The summed E-state index contributed by atoms with van der Waals surface area (Å²) in [6.07, 6.45) is 6.24. The predicted octanol–water partition coefficient (Wildman–Crippen LogP) is 0.597. The van der Waals surface area contributed by atoms with Gasteiger partial charge in [-0.2, -0.15) is 0 Å². The summed E-state index contributed by atoms with van der Waals surface area (Å²) in [5.41, 5.74) is 0. The highest BCUT2D eigenvalue weighted by atomic mass is 16.5. The van der Waals surface area contributed by atoms with Crippen molar-refractivity contribution in [3.05, 3.63) is 18.2 Å². The quantitative estimate of drug-likeness (QED) is 0.883. The molecular formula is C15H24N4O2. The first-order chi connectivity index (χ1) is 10.3. The Morgan fingerprint density at radius 1 is 1.48 bits per heavy atom. The number of ether oxygens (including phenoxy) is 1. The Hall–Kier alpha value is -1.40. The van der Waals surface area contributed by atoms with E-state index in [1.165, 1.54) is 6.42 Å². The Morgan fingerprint density at radius 3 is 3.10 bits per heavy atom. The summed E-state index contributed by atoms with van der Waals surface area (Å²) in [6.45, 7) is 6.55. The Kier molecular flexibility index (Phi) is 4.55. The van der Waals surface area contributed by atoms with Gasteiger partial charge in [-0.1, -0.05) is 0 Å². The maximum atomic E-state index is 12.4. The van der Waals surface area contributed by atoms with Gasteiger partial charge in [-0.25, -0.2) is 4.98 Å². The molecule has 1 amide bonds. The van der Waals surface area contributed by atoms with Crippen molar-refractivity contribution in [2.24, 2.45) is 0 Å². The van der Waals surface area contributed by atoms with E-state index in [4.69, 9.17) is 4.74 Å². The number of nitrogens with one attached hydrogen (secondary N) is 1. The highest BCUT2D eigenvalue weighted by Crippen LogP contribution is 2.24. The maximum absolute atomic E-state index is 12.4. The average molecular weight is 292 g/mol. The summed E-state index contributed by atoms with van der Waals surface area (Å²) in [4.78, 5) is 18.7. The number of fused-ring (bicyclic) bond motifs is 1. The van der Waals surface area contributed by atoms with Gasteiger partial charge in [0.15, 0.2) is 0 Å². The van der Waals surface area contributed by atoms with E-state index < -0.39 is 0 Å². The third-order valence-corrected chi connectivity index (χ3v) is 4.43. The molecule has 6 heteroatoms. The summed E-state index contributed by atoms with van der Waals surface area (Å²) >= 11 is 0.